The monoisotopic (exact) mass is 316 g/mol. The zero-order valence-electron chi connectivity index (χ0n) is 10.4. The van der Waals surface area contributed by atoms with Crippen LogP contribution in [0.4, 0.5) is 11.4 Å². The van der Waals surface area contributed by atoms with Gasteiger partial charge in [0.05, 0.1) is 0 Å². The molecule has 2 aromatic carbocycles. The van der Waals surface area contributed by atoms with E-state index < -0.39 is 0 Å². The van der Waals surface area contributed by atoms with Crippen LogP contribution in [0.1, 0.15) is 17.2 Å². The molecule has 0 spiro atoms. The van der Waals surface area contributed by atoms with E-state index in [0.29, 0.717) is 0 Å². The van der Waals surface area contributed by atoms with Crippen LogP contribution in [0.2, 0.25) is 0 Å². The quantitative estimate of drug-likeness (QED) is 0.883. The second-order valence-electron chi connectivity index (χ2n) is 4.62. The first-order valence-electron chi connectivity index (χ1n) is 6.07. The molecule has 0 aromatic heterocycles. The maximum atomic E-state index is 12.0. The number of para-hydroxylation sites is 1. The maximum absolute atomic E-state index is 12.0. The van der Waals surface area contributed by atoms with E-state index in [-0.39, 0.29) is 11.9 Å². The summed E-state index contributed by atoms with van der Waals surface area (Å²) in [7, 11) is 0. The van der Waals surface area contributed by atoms with Crippen LogP contribution in [0.25, 0.3) is 0 Å². The number of benzene rings is 2. The lowest BCUT2D eigenvalue weighted by atomic mass is 10.1. The fraction of sp³-hybridized carbons (Fsp3) is 0.133. The maximum Gasteiger partial charge on any atom is 0.251 e. The molecule has 1 aliphatic heterocycles. The van der Waals surface area contributed by atoms with Crippen LogP contribution in [0.3, 0.4) is 0 Å². The predicted octanol–water partition coefficient (Wildman–Crippen LogP) is 3.86. The molecule has 1 unspecified atom stereocenters. The zero-order chi connectivity index (χ0) is 13.4. The van der Waals surface area contributed by atoms with Crippen molar-refractivity contribution >= 4 is 33.2 Å². The molecule has 1 heterocycles. The van der Waals surface area contributed by atoms with E-state index in [4.69, 9.17) is 0 Å². The summed E-state index contributed by atoms with van der Waals surface area (Å²) in [5.41, 5.74) is 3.96. The van der Waals surface area contributed by atoms with E-state index in [1.165, 1.54) is 0 Å². The van der Waals surface area contributed by atoms with Gasteiger partial charge in [-0.15, -0.1) is 0 Å². The average molecular weight is 317 g/mol. The van der Waals surface area contributed by atoms with Crippen molar-refractivity contribution in [1.29, 1.82) is 0 Å². The predicted molar refractivity (Wildman–Crippen MR) is 80.3 cm³/mol. The van der Waals surface area contributed by atoms with Gasteiger partial charge in [-0.05, 0) is 36.8 Å². The van der Waals surface area contributed by atoms with Crippen LogP contribution in [-0.2, 0) is 4.79 Å². The van der Waals surface area contributed by atoms with Gasteiger partial charge >= 0.3 is 0 Å². The summed E-state index contributed by atoms with van der Waals surface area (Å²) in [5, 5.41) is 6.17. The summed E-state index contributed by atoms with van der Waals surface area (Å²) in [5.74, 6) is -0.0122. The highest BCUT2D eigenvalue weighted by Crippen LogP contribution is 2.33. The van der Waals surface area contributed by atoms with E-state index in [2.05, 4.69) is 26.6 Å². The van der Waals surface area contributed by atoms with Gasteiger partial charge < -0.3 is 10.6 Å². The molecule has 2 aromatic rings. The number of nitrogens with one attached hydrogen (secondary N) is 2. The number of amides is 1. The van der Waals surface area contributed by atoms with Crippen molar-refractivity contribution in [2.24, 2.45) is 0 Å². The Morgan fingerprint density at radius 1 is 1.21 bits per heavy atom. The Balaban J connectivity index is 1.91. The molecule has 1 atom stereocenters. The highest BCUT2D eigenvalue weighted by atomic mass is 79.9. The van der Waals surface area contributed by atoms with Crippen LogP contribution in [0, 0.1) is 6.92 Å². The Kier molecular flexibility index (Phi) is 3.03. The fourth-order valence-electron chi connectivity index (χ4n) is 2.25. The Hall–Kier alpha value is -1.81. The molecule has 0 bridgehead atoms. The molecule has 1 aliphatic rings. The number of carbonyl (C=O) groups is 1. The average Bonchev–Trinajstić information content (AvgIpc) is 2.71. The van der Waals surface area contributed by atoms with Crippen molar-refractivity contribution < 1.29 is 4.79 Å². The van der Waals surface area contributed by atoms with Crippen molar-refractivity contribution in [3.05, 3.63) is 58.1 Å². The zero-order valence-corrected chi connectivity index (χ0v) is 12.0. The highest BCUT2D eigenvalue weighted by molar-refractivity contribution is 9.10. The molecule has 0 radical (unpaired) electrons. The van der Waals surface area contributed by atoms with Crippen molar-refractivity contribution in [2.45, 2.75) is 13.0 Å². The molecule has 0 saturated heterocycles. The number of aryl methyl sites for hydroxylation is 1. The van der Waals surface area contributed by atoms with Crippen molar-refractivity contribution in [3.63, 3.8) is 0 Å². The molecule has 1 amide bonds. The fourth-order valence-corrected chi connectivity index (χ4v) is 2.50. The van der Waals surface area contributed by atoms with Crippen LogP contribution < -0.4 is 10.6 Å². The summed E-state index contributed by atoms with van der Waals surface area (Å²) in [6.07, 6.45) is 0. The number of hydrogen-bond acceptors (Lipinski definition) is 2. The lowest BCUT2D eigenvalue weighted by molar-refractivity contribution is -0.116. The molecule has 3 rings (SSSR count). The van der Waals surface area contributed by atoms with Gasteiger partial charge in [0.1, 0.15) is 6.04 Å². The summed E-state index contributed by atoms with van der Waals surface area (Å²) < 4.78 is 1.06. The molecule has 0 fully saturated rings. The molecule has 0 saturated carbocycles. The smallest absolute Gasteiger partial charge is 0.251 e. The summed E-state index contributed by atoms with van der Waals surface area (Å²) >= 11 is 3.47. The first-order valence-corrected chi connectivity index (χ1v) is 6.87. The Labute approximate surface area is 120 Å². The normalized spacial score (nSPS) is 16.9. The lowest BCUT2D eigenvalue weighted by Gasteiger charge is -2.14. The Bertz CT molecular complexity index is 654. The minimum atomic E-state index is -0.322. The van der Waals surface area contributed by atoms with E-state index in [0.717, 1.165) is 27.0 Å². The molecule has 19 heavy (non-hydrogen) atoms. The molecule has 3 nitrogen and oxygen atoms in total. The third kappa shape index (κ3) is 2.24. The van der Waals surface area contributed by atoms with Gasteiger partial charge in [0.15, 0.2) is 0 Å². The highest BCUT2D eigenvalue weighted by Gasteiger charge is 2.29. The SMILES string of the molecule is Cc1cc(NC2C(=O)Nc3ccccc32)ccc1Br. The van der Waals surface area contributed by atoms with Gasteiger partial charge in [-0.25, -0.2) is 0 Å². The topological polar surface area (TPSA) is 41.1 Å². The second-order valence-corrected chi connectivity index (χ2v) is 5.47. The van der Waals surface area contributed by atoms with Crippen LogP contribution in [0.5, 0.6) is 0 Å². The summed E-state index contributed by atoms with van der Waals surface area (Å²) in [4.78, 5) is 12.0. The van der Waals surface area contributed by atoms with Gasteiger partial charge in [0.25, 0.3) is 5.91 Å². The first kappa shape index (κ1) is 12.2. The Morgan fingerprint density at radius 3 is 2.79 bits per heavy atom. The summed E-state index contributed by atoms with van der Waals surface area (Å²) in [6, 6.07) is 13.4. The van der Waals surface area contributed by atoms with Crippen molar-refractivity contribution in [1.82, 2.24) is 0 Å². The van der Waals surface area contributed by atoms with E-state index >= 15 is 0 Å². The van der Waals surface area contributed by atoms with Crippen LogP contribution in [-0.4, -0.2) is 5.91 Å². The van der Waals surface area contributed by atoms with Crippen LogP contribution in [0.15, 0.2) is 46.9 Å². The van der Waals surface area contributed by atoms with Crippen LogP contribution >= 0.6 is 15.9 Å². The molecular formula is C15H13BrN2O. The van der Waals surface area contributed by atoms with Gasteiger partial charge in [0.2, 0.25) is 0 Å². The Morgan fingerprint density at radius 2 is 2.00 bits per heavy atom. The number of hydrogen-bond donors (Lipinski definition) is 2. The third-order valence-electron chi connectivity index (χ3n) is 3.26. The van der Waals surface area contributed by atoms with Gasteiger partial charge in [-0.3, -0.25) is 4.79 Å². The van der Waals surface area contributed by atoms with E-state index in [1.807, 2.05) is 49.4 Å². The molecule has 0 aliphatic carbocycles. The number of rotatable bonds is 2. The van der Waals surface area contributed by atoms with E-state index in [1.54, 1.807) is 0 Å². The number of anilines is 2. The third-order valence-corrected chi connectivity index (χ3v) is 4.15. The lowest BCUT2D eigenvalue weighted by Crippen LogP contribution is -2.19. The van der Waals surface area contributed by atoms with E-state index in [9.17, 15) is 4.79 Å². The largest absolute Gasteiger partial charge is 0.370 e. The second kappa shape index (κ2) is 4.70. The van der Waals surface area contributed by atoms with Gasteiger partial charge in [0, 0.05) is 21.4 Å². The minimum absolute atomic E-state index is 0.0122. The standard InChI is InChI=1S/C15H13BrN2O/c1-9-8-10(6-7-12(9)16)17-14-11-4-2-3-5-13(11)18-15(14)19/h2-8,14,17H,1H3,(H,18,19). The minimum Gasteiger partial charge on any atom is -0.370 e. The molecular weight excluding hydrogens is 304 g/mol. The number of carbonyl (C=O) groups excluding carboxylic acids is 1. The number of fused-ring (bicyclic) bond motifs is 1. The van der Waals surface area contributed by atoms with Crippen molar-refractivity contribution in [2.75, 3.05) is 10.6 Å². The number of halogens is 1. The van der Waals surface area contributed by atoms with Gasteiger partial charge in [-0.1, -0.05) is 34.1 Å². The first-order chi connectivity index (χ1) is 9.15. The van der Waals surface area contributed by atoms with Crippen molar-refractivity contribution in [3.8, 4) is 0 Å². The van der Waals surface area contributed by atoms with Gasteiger partial charge in [-0.2, -0.15) is 0 Å². The summed E-state index contributed by atoms with van der Waals surface area (Å²) in [6.45, 7) is 2.03. The molecule has 4 heteroatoms. The molecule has 96 valence electrons. The molecule has 2 N–H and O–H groups in total.